The van der Waals surface area contributed by atoms with Gasteiger partial charge in [0, 0.05) is 38.1 Å². The van der Waals surface area contributed by atoms with E-state index in [2.05, 4.69) is 34.8 Å². The summed E-state index contributed by atoms with van der Waals surface area (Å²) in [6.07, 6.45) is 1.62. The summed E-state index contributed by atoms with van der Waals surface area (Å²) >= 11 is 0. The van der Waals surface area contributed by atoms with Crippen LogP contribution in [0.15, 0.2) is 48.8 Å². The summed E-state index contributed by atoms with van der Waals surface area (Å²) in [4.78, 5) is 24.8. The monoisotopic (exact) mass is 348 g/mol. The third-order valence-corrected chi connectivity index (χ3v) is 4.51. The Labute approximate surface area is 154 Å². The number of amides is 1. The zero-order valence-electron chi connectivity index (χ0n) is 15.7. The molecule has 3 rings (SSSR count). The predicted octanol–water partition coefficient (Wildman–Crippen LogP) is 3.67. The van der Waals surface area contributed by atoms with Crippen LogP contribution >= 0.6 is 0 Å². The highest BCUT2D eigenvalue weighted by molar-refractivity contribution is 5.94. The first-order valence-corrected chi connectivity index (χ1v) is 8.77. The minimum atomic E-state index is 0.0151. The minimum Gasteiger partial charge on any atom is -0.352 e. The second kappa shape index (κ2) is 7.52. The molecule has 0 aliphatic rings. The molecule has 1 heterocycles. The van der Waals surface area contributed by atoms with E-state index in [1.54, 1.807) is 25.3 Å². The molecule has 3 aromatic rings. The Bertz CT molecular complexity index is 914. The smallest absolute Gasteiger partial charge is 0.253 e. The normalized spacial score (nSPS) is 10.8. The summed E-state index contributed by atoms with van der Waals surface area (Å²) < 4.78 is 0. The molecule has 0 N–H and O–H groups in total. The quantitative estimate of drug-likeness (QED) is 0.706. The van der Waals surface area contributed by atoms with Crippen LogP contribution < -0.4 is 4.90 Å². The van der Waals surface area contributed by atoms with E-state index in [0.717, 1.165) is 35.4 Å². The average molecular weight is 348 g/mol. The Morgan fingerprint density at radius 1 is 1.04 bits per heavy atom. The molecule has 0 aliphatic heterocycles. The number of carbonyl (C=O) groups is 1. The molecule has 1 amide bonds. The van der Waals surface area contributed by atoms with E-state index in [1.807, 2.05) is 36.4 Å². The van der Waals surface area contributed by atoms with Gasteiger partial charge in [-0.25, -0.2) is 9.97 Å². The molecule has 0 aliphatic carbocycles. The van der Waals surface area contributed by atoms with Crippen molar-refractivity contribution in [2.24, 2.45) is 0 Å². The van der Waals surface area contributed by atoms with Crippen LogP contribution in [-0.2, 0) is 6.54 Å². The standard InChI is InChI=1S/C21H24N4O/c1-5-25(13-16-9-11-17(12-10-16)21(26)24(3)4)20-19-15(2)7-6-8-18(19)22-14-23-20/h6-12,14H,5,13H2,1-4H3. The van der Waals surface area contributed by atoms with Crippen LogP contribution in [0.25, 0.3) is 10.9 Å². The molecule has 0 atom stereocenters. The van der Waals surface area contributed by atoms with Gasteiger partial charge in [-0.2, -0.15) is 0 Å². The highest BCUT2D eigenvalue weighted by Crippen LogP contribution is 2.27. The number of nitrogens with zero attached hydrogens (tertiary/aromatic N) is 4. The maximum absolute atomic E-state index is 12.0. The van der Waals surface area contributed by atoms with Gasteiger partial charge in [0.15, 0.2) is 0 Å². The molecular weight excluding hydrogens is 324 g/mol. The molecule has 26 heavy (non-hydrogen) atoms. The van der Waals surface area contributed by atoms with Gasteiger partial charge < -0.3 is 9.80 Å². The molecule has 5 heteroatoms. The van der Waals surface area contributed by atoms with Crippen LogP contribution in [0.3, 0.4) is 0 Å². The van der Waals surface area contributed by atoms with E-state index in [1.165, 1.54) is 5.56 Å². The van der Waals surface area contributed by atoms with E-state index in [-0.39, 0.29) is 5.91 Å². The van der Waals surface area contributed by atoms with Gasteiger partial charge in [0.25, 0.3) is 5.91 Å². The van der Waals surface area contributed by atoms with Crippen molar-refractivity contribution in [1.82, 2.24) is 14.9 Å². The lowest BCUT2D eigenvalue weighted by atomic mass is 10.1. The van der Waals surface area contributed by atoms with Gasteiger partial charge >= 0.3 is 0 Å². The fourth-order valence-corrected chi connectivity index (χ4v) is 3.07. The van der Waals surface area contributed by atoms with Gasteiger partial charge in [-0.05, 0) is 43.2 Å². The van der Waals surface area contributed by atoms with Crippen LogP contribution in [0.1, 0.15) is 28.4 Å². The predicted molar refractivity (Wildman–Crippen MR) is 105 cm³/mol. The summed E-state index contributed by atoms with van der Waals surface area (Å²) in [6, 6.07) is 13.9. The van der Waals surface area contributed by atoms with Crippen LogP contribution in [-0.4, -0.2) is 41.4 Å². The van der Waals surface area contributed by atoms with Crippen molar-refractivity contribution in [3.8, 4) is 0 Å². The Balaban J connectivity index is 1.90. The van der Waals surface area contributed by atoms with E-state index < -0.39 is 0 Å². The maximum Gasteiger partial charge on any atom is 0.253 e. The lowest BCUT2D eigenvalue weighted by Crippen LogP contribution is -2.24. The number of rotatable bonds is 5. The van der Waals surface area contributed by atoms with Crippen molar-refractivity contribution in [3.05, 3.63) is 65.5 Å². The second-order valence-electron chi connectivity index (χ2n) is 6.58. The van der Waals surface area contributed by atoms with E-state index in [4.69, 9.17) is 0 Å². The van der Waals surface area contributed by atoms with E-state index in [0.29, 0.717) is 5.56 Å². The van der Waals surface area contributed by atoms with Gasteiger partial charge in [-0.3, -0.25) is 4.79 Å². The second-order valence-corrected chi connectivity index (χ2v) is 6.58. The van der Waals surface area contributed by atoms with Crippen molar-refractivity contribution in [2.45, 2.75) is 20.4 Å². The summed E-state index contributed by atoms with van der Waals surface area (Å²) in [5, 5.41) is 1.09. The van der Waals surface area contributed by atoms with Gasteiger partial charge in [-0.15, -0.1) is 0 Å². The topological polar surface area (TPSA) is 49.3 Å². The number of fused-ring (bicyclic) bond motifs is 1. The summed E-state index contributed by atoms with van der Waals surface area (Å²) in [6.45, 7) is 5.77. The SMILES string of the molecule is CCN(Cc1ccc(C(=O)N(C)C)cc1)c1ncnc2cccc(C)c12. The van der Waals surface area contributed by atoms with Gasteiger partial charge in [0.2, 0.25) is 0 Å². The summed E-state index contributed by atoms with van der Waals surface area (Å²) in [5.74, 6) is 0.963. The first kappa shape index (κ1) is 17.9. The van der Waals surface area contributed by atoms with Gasteiger partial charge in [0.05, 0.1) is 5.52 Å². The van der Waals surface area contributed by atoms with E-state index >= 15 is 0 Å². The number of aryl methyl sites for hydroxylation is 1. The third kappa shape index (κ3) is 3.52. The highest BCUT2D eigenvalue weighted by atomic mass is 16.2. The van der Waals surface area contributed by atoms with E-state index in [9.17, 15) is 4.79 Å². The Morgan fingerprint density at radius 2 is 1.77 bits per heavy atom. The molecule has 2 aromatic carbocycles. The molecule has 0 radical (unpaired) electrons. The molecule has 0 unspecified atom stereocenters. The lowest BCUT2D eigenvalue weighted by Gasteiger charge is -2.24. The Morgan fingerprint density at radius 3 is 2.42 bits per heavy atom. The van der Waals surface area contributed by atoms with Crippen LogP contribution in [0, 0.1) is 6.92 Å². The Kier molecular flexibility index (Phi) is 5.16. The highest BCUT2D eigenvalue weighted by Gasteiger charge is 2.14. The van der Waals surface area contributed by atoms with Crippen molar-refractivity contribution >= 4 is 22.6 Å². The third-order valence-electron chi connectivity index (χ3n) is 4.51. The summed E-state index contributed by atoms with van der Waals surface area (Å²) in [7, 11) is 3.52. The summed E-state index contributed by atoms with van der Waals surface area (Å²) in [5.41, 5.74) is 3.97. The first-order chi connectivity index (χ1) is 12.5. The molecule has 0 spiro atoms. The molecule has 0 saturated heterocycles. The number of hydrogen-bond acceptors (Lipinski definition) is 4. The van der Waals surface area contributed by atoms with Crippen molar-refractivity contribution in [1.29, 1.82) is 0 Å². The number of hydrogen-bond donors (Lipinski definition) is 0. The van der Waals surface area contributed by atoms with Crippen molar-refractivity contribution in [3.63, 3.8) is 0 Å². The zero-order chi connectivity index (χ0) is 18.7. The molecule has 1 aromatic heterocycles. The molecule has 134 valence electrons. The zero-order valence-corrected chi connectivity index (χ0v) is 15.7. The molecule has 0 saturated carbocycles. The largest absolute Gasteiger partial charge is 0.352 e. The fraction of sp³-hybridized carbons (Fsp3) is 0.286. The van der Waals surface area contributed by atoms with Crippen molar-refractivity contribution in [2.75, 3.05) is 25.5 Å². The van der Waals surface area contributed by atoms with Gasteiger partial charge in [0.1, 0.15) is 12.1 Å². The molecule has 0 fully saturated rings. The van der Waals surface area contributed by atoms with Crippen LogP contribution in [0.5, 0.6) is 0 Å². The fourth-order valence-electron chi connectivity index (χ4n) is 3.07. The Hall–Kier alpha value is -2.95. The van der Waals surface area contributed by atoms with Crippen LogP contribution in [0.4, 0.5) is 5.82 Å². The number of carbonyl (C=O) groups excluding carboxylic acids is 1. The molecule has 0 bridgehead atoms. The molecular formula is C21H24N4O. The number of anilines is 1. The maximum atomic E-state index is 12.0. The van der Waals surface area contributed by atoms with Crippen molar-refractivity contribution < 1.29 is 4.79 Å². The number of benzene rings is 2. The van der Waals surface area contributed by atoms with Gasteiger partial charge in [-0.1, -0.05) is 24.3 Å². The number of aromatic nitrogens is 2. The average Bonchev–Trinajstić information content (AvgIpc) is 2.66. The van der Waals surface area contributed by atoms with Crippen LogP contribution in [0.2, 0.25) is 0 Å². The first-order valence-electron chi connectivity index (χ1n) is 8.77. The molecule has 5 nitrogen and oxygen atoms in total. The minimum absolute atomic E-state index is 0.0151. The lowest BCUT2D eigenvalue weighted by molar-refractivity contribution is 0.0827.